The number of nitro groups is 1. The molecule has 0 fully saturated rings. The first kappa shape index (κ1) is 16.3. The number of nitro benzene ring substituents is 1. The number of aromatic nitrogens is 2. The number of carbonyl (C=O) groups is 1. The zero-order chi connectivity index (χ0) is 18.0. The van der Waals surface area contributed by atoms with Gasteiger partial charge in [0, 0.05) is 17.7 Å². The monoisotopic (exact) mass is 339 g/mol. The molecule has 8 heteroatoms. The zero-order valence-corrected chi connectivity index (χ0v) is 13.2. The quantitative estimate of drug-likeness (QED) is 0.401. The molecule has 1 aromatic heterocycles. The van der Waals surface area contributed by atoms with Gasteiger partial charge in [-0.25, -0.2) is 4.98 Å². The van der Waals surface area contributed by atoms with E-state index in [2.05, 4.69) is 4.98 Å². The van der Waals surface area contributed by atoms with Crippen LogP contribution in [0.25, 0.3) is 10.9 Å². The van der Waals surface area contributed by atoms with Gasteiger partial charge in [0.05, 0.1) is 35.8 Å². The molecule has 0 spiro atoms. The van der Waals surface area contributed by atoms with E-state index >= 15 is 0 Å². The van der Waals surface area contributed by atoms with E-state index in [9.17, 15) is 19.7 Å². The summed E-state index contributed by atoms with van der Waals surface area (Å²) in [6.07, 6.45) is 1.26. The molecular weight excluding hydrogens is 326 g/mol. The molecule has 8 nitrogen and oxygen atoms in total. The Hall–Kier alpha value is -3.55. The Labute approximate surface area is 141 Å². The van der Waals surface area contributed by atoms with Gasteiger partial charge >= 0.3 is 0 Å². The lowest BCUT2D eigenvalue weighted by atomic mass is 10.1. The van der Waals surface area contributed by atoms with Crippen LogP contribution in [0.3, 0.4) is 0 Å². The summed E-state index contributed by atoms with van der Waals surface area (Å²) in [6, 6.07) is 10.4. The molecule has 2 aromatic carbocycles. The Kier molecular flexibility index (Phi) is 4.25. The number of ketones is 1. The largest absolute Gasteiger partial charge is 0.497 e. The summed E-state index contributed by atoms with van der Waals surface area (Å²) in [5.74, 6) is 0.338. The van der Waals surface area contributed by atoms with Crippen molar-refractivity contribution in [2.45, 2.75) is 6.54 Å². The topological polar surface area (TPSA) is 104 Å². The normalized spacial score (nSPS) is 10.6. The molecule has 0 bridgehead atoms. The average Bonchev–Trinajstić information content (AvgIpc) is 2.63. The van der Waals surface area contributed by atoms with Crippen LogP contribution in [-0.4, -0.2) is 27.4 Å². The number of benzene rings is 2. The van der Waals surface area contributed by atoms with E-state index in [1.807, 2.05) is 0 Å². The molecular formula is C17H13N3O5. The lowest BCUT2D eigenvalue weighted by Crippen LogP contribution is -2.24. The van der Waals surface area contributed by atoms with E-state index in [1.165, 1.54) is 31.6 Å². The van der Waals surface area contributed by atoms with E-state index in [1.54, 1.807) is 24.3 Å². The Bertz CT molecular complexity index is 1020. The fraction of sp³-hybridized carbons (Fsp3) is 0.118. The number of ether oxygens (including phenoxy) is 1. The van der Waals surface area contributed by atoms with Crippen LogP contribution in [-0.2, 0) is 6.54 Å². The molecule has 0 N–H and O–H groups in total. The standard InChI is InChI=1S/C17H13N3O5/c1-25-13-5-2-11(3-6-13)16(21)9-19-10-18-15-7-4-12(20(23)24)8-14(15)17(19)22/h2-8,10H,9H2,1H3. The van der Waals surface area contributed by atoms with Gasteiger partial charge in [-0.15, -0.1) is 0 Å². The Morgan fingerprint density at radius 3 is 2.60 bits per heavy atom. The van der Waals surface area contributed by atoms with Gasteiger partial charge in [-0.05, 0) is 30.3 Å². The summed E-state index contributed by atoms with van der Waals surface area (Å²) in [5.41, 5.74) is 0.0526. The van der Waals surface area contributed by atoms with Gasteiger partial charge in [0.2, 0.25) is 0 Å². The molecule has 3 aromatic rings. The van der Waals surface area contributed by atoms with Crippen molar-refractivity contribution < 1.29 is 14.5 Å². The molecule has 0 unspecified atom stereocenters. The number of methoxy groups -OCH3 is 1. The van der Waals surface area contributed by atoms with Crippen molar-refractivity contribution >= 4 is 22.4 Å². The second kappa shape index (κ2) is 6.52. The maximum atomic E-state index is 12.5. The molecule has 0 aliphatic rings. The summed E-state index contributed by atoms with van der Waals surface area (Å²) in [7, 11) is 1.52. The number of hydrogen-bond donors (Lipinski definition) is 0. The lowest BCUT2D eigenvalue weighted by molar-refractivity contribution is -0.384. The maximum Gasteiger partial charge on any atom is 0.270 e. The SMILES string of the molecule is COc1ccc(C(=O)Cn2cnc3ccc([N+](=O)[O-])cc3c2=O)cc1. The molecule has 1 heterocycles. The molecule has 0 saturated carbocycles. The van der Waals surface area contributed by atoms with Gasteiger partial charge < -0.3 is 4.74 Å². The van der Waals surface area contributed by atoms with E-state index in [-0.39, 0.29) is 23.4 Å². The van der Waals surface area contributed by atoms with E-state index in [0.717, 1.165) is 4.57 Å². The number of fused-ring (bicyclic) bond motifs is 1. The van der Waals surface area contributed by atoms with Crippen molar-refractivity contribution in [2.75, 3.05) is 7.11 Å². The van der Waals surface area contributed by atoms with Gasteiger partial charge in [0.1, 0.15) is 5.75 Å². The Balaban J connectivity index is 1.95. The van der Waals surface area contributed by atoms with Crippen LogP contribution in [0.5, 0.6) is 5.75 Å². The number of non-ortho nitro benzene ring substituents is 1. The van der Waals surface area contributed by atoms with Crippen molar-refractivity contribution in [1.29, 1.82) is 0 Å². The van der Waals surface area contributed by atoms with Crippen LogP contribution in [0.4, 0.5) is 5.69 Å². The highest BCUT2D eigenvalue weighted by Gasteiger charge is 2.13. The van der Waals surface area contributed by atoms with Crippen molar-refractivity contribution in [2.24, 2.45) is 0 Å². The maximum absolute atomic E-state index is 12.5. The van der Waals surface area contributed by atoms with E-state index in [4.69, 9.17) is 4.74 Å². The van der Waals surface area contributed by atoms with Crippen molar-refractivity contribution in [3.63, 3.8) is 0 Å². The predicted molar refractivity (Wildman–Crippen MR) is 90.0 cm³/mol. The smallest absolute Gasteiger partial charge is 0.270 e. The van der Waals surface area contributed by atoms with Crippen molar-refractivity contribution in [3.05, 3.63) is 74.8 Å². The van der Waals surface area contributed by atoms with Gasteiger partial charge in [-0.2, -0.15) is 0 Å². The summed E-state index contributed by atoms with van der Waals surface area (Å²) < 4.78 is 6.17. The number of Topliss-reactive ketones (excluding diaryl/α,β-unsaturated/α-hetero) is 1. The molecule has 0 aliphatic carbocycles. The van der Waals surface area contributed by atoms with Crippen LogP contribution in [0, 0.1) is 10.1 Å². The summed E-state index contributed by atoms with van der Waals surface area (Å²) in [4.78, 5) is 39.2. The fourth-order valence-corrected chi connectivity index (χ4v) is 2.40. The molecule has 0 radical (unpaired) electrons. The number of rotatable bonds is 5. The fourth-order valence-electron chi connectivity index (χ4n) is 2.40. The number of carbonyl (C=O) groups excluding carboxylic acids is 1. The zero-order valence-electron chi connectivity index (χ0n) is 13.2. The molecule has 0 saturated heterocycles. The van der Waals surface area contributed by atoms with Crippen LogP contribution in [0.15, 0.2) is 53.6 Å². The summed E-state index contributed by atoms with van der Waals surface area (Å²) in [5, 5.41) is 11.0. The summed E-state index contributed by atoms with van der Waals surface area (Å²) in [6.45, 7) is -0.212. The highest BCUT2D eigenvalue weighted by Crippen LogP contribution is 2.16. The number of hydrogen-bond acceptors (Lipinski definition) is 6. The second-order valence-corrected chi connectivity index (χ2v) is 5.29. The van der Waals surface area contributed by atoms with Crippen LogP contribution in [0.2, 0.25) is 0 Å². The third-order valence-corrected chi connectivity index (χ3v) is 3.74. The minimum Gasteiger partial charge on any atom is -0.497 e. The second-order valence-electron chi connectivity index (χ2n) is 5.29. The van der Waals surface area contributed by atoms with Gasteiger partial charge in [0.15, 0.2) is 5.78 Å². The van der Waals surface area contributed by atoms with Crippen LogP contribution in [0.1, 0.15) is 10.4 Å². The third kappa shape index (κ3) is 3.23. The van der Waals surface area contributed by atoms with Crippen molar-refractivity contribution in [1.82, 2.24) is 9.55 Å². The minimum atomic E-state index is -0.585. The Morgan fingerprint density at radius 2 is 1.96 bits per heavy atom. The van der Waals surface area contributed by atoms with E-state index < -0.39 is 10.5 Å². The summed E-state index contributed by atoms with van der Waals surface area (Å²) >= 11 is 0. The van der Waals surface area contributed by atoms with Gasteiger partial charge in [-0.1, -0.05) is 0 Å². The molecule has 0 amide bonds. The predicted octanol–water partition coefficient (Wildman–Crippen LogP) is 2.20. The first-order valence-electron chi connectivity index (χ1n) is 7.30. The first-order chi connectivity index (χ1) is 12.0. The third-order valence-electron chi connectivity index (χ3n) is 3.74. The van der Waals surface area contributed by atoms with Gasteiger partial charge in [-0.3, -0.25) is 24.3 Å². The molecule has 25 heavy (non-hydrogen) atoms. The molecule has 126 valence electrons. The first-order valence-corrected chi connectivity index (χ1v) is 7.30. The molecule has 0 aliphatic heterocycles. The van der Waals surface area contributed by atoms with Crippen LogP contribution >= 0.6 is 0 Å². The van der Waals surface area contributed by atoms with E-state index in [0.29, 0.717) is 16.8 Å². The molecule has 3 rings (SSSR count). The van der Waals surface area contributed by atoms with Crippen molar-refractivity contribution in [3.8, 4) is 5.75 Å². The minimum absolute atomic E-state index is 0.0965. The Morgan fingerprint density at radius 1 is 1.24 bits per heavy atom. The van der Waals surface area contributed by atoms with Gasteiger partial charge in [0.25, 0.3) is 11.2 Å². The molecule has 0 atom stereocenters. The number of nitrogens with zero attached hydrogens (tertiary/aromatic N) is 3. The highest BCUT2D eigenvalue weighted by molar-refractivity contribution is 5.96. The lowest BCUT2D eigenvalue weighted by Gasteiger charge is -2.07. The highest BCUT2D eigenvalue weighted by atomic mass is 16.6. The van der Waals surface area contributed by atoms with Crippen LogP contribution < -0.4 is 10.3 Å². The average molecular weight is 339 g/mol.